The molecule has 12 nitrogen and oxygen atoms in total. The average molecular weight is 641 g/mol. The van der Waals surface area contributed by atoms with Crippen molar-refractivity contribution in [2.24, 2.45) is 20.5 Å². The zero-order valence-electron chi connectivity index (χ0n) is 23.5. The van der Waals surface area contributed by atoms with Gasteiger partial charge in [-0.05, 0) is 43.5 Å². The Bertz CT molecular complexity index is 1600. The summed E-state index contributed by atoms with van der Waals surface area (Å²) >= 11 is 0.531. The fraction of sp³-hybridized carbons (Fsp3) is 0.148. The summed E-state index contributed by atoms with van der Waals surface area (Å²) in [6.45, 7) is 3.03. The summed E-state index contributed by atoms with van der Waals surface area (Å²) in [6, 6.07) is 17.2. The molecule has 0 amide bonds. The summed E-state index contributed by atoms with van der Waals surface area (Å²) in [5.41, 5.74) is 2.79. The van der Waals surface area contributed by atoms with E-state index in [1.54, 1.807) is 30.3 Å². The van der Waals surface area contributed by atoms with E-state index in [0.717, 1.165) is 11.1 Å². The van der Waals surface area contributed by atoms with Crippen LogP contribution in [0.1, 0.15) is 11.1 Å². The van der Waals surface area contributed by atoms with Gasteiger partial charge in [0.1, 0.15) is 35.2 Å². The van der Waals surface area contributed by atoms with Crippen molar-refractivity contribution in [3.8, 4) is 17.2 Å². The van der Waals surface area contributed by atoms with Crippen LogP contribution >= 0.6 is 12.0 Å². The Morgan fingerprint density at radius 2 is 1.52 bits per heavy atom. The van der Waals surface area contributed by atoms with Crippen molar-refractivity contribution in [3.63, 3.8) is 0 Å². The number of carboxylic acid groups (broad SMARTS) is 1. The number of nitrogens with zero attached hydrogens (tertiary/aromatic N) is 4. The van der Waals surface area contributed by atoms with Gasteiger partial charge in [-0.3, -0.25) is 5.04 Å². The Kier molecular flexibility index (Phi) is 15.7. The van der Waals surface area contributed by atoms with E-state index in [0.29, 0.717) is 28.5 Å². The molecule has 4 rings (SSSR count). The Hall–Kier alpha value is -1.29. The minimum atomic E-state index is -1.46. The standard InChI is InChI=1S/C27H24N4O8S.2K/c1-15-5-8-18(9-6-15)28-29-20-13-23(37-14-25(32)33)21(12-22(20)36-3)30-31-26-24(40-39-38-35)11-17-7-4-16(2)10-19(17)27(26)34;;/h4-13,34-35H,14H2,1-3H3,(H,32,33);;/q;2*+1/p-2. The summed E-state index contributed by atoms with van der Waals surface area (Å²) < 4.78 is 15.3. The third-order valence-corrected chi connectivity index (χ3v) is 6.15. The van der Waals surface area contributed by atoms with Crippen LogP contribution in [0.25, 0.3) is 10.8 Å². The van der Waals surface area contributed by atoms with Gasteiger partial charge in [0.05, 0.1) is 35.7 Å². The first kappa shape index (κ1) is 36.9. The minimum absolute atomic E-state index is 0. The number of aryl methyl sites for hydroxylation is 2. The van der Waals surface area contributed by atoms with E-state index in [-0.39, 0.29) is 142 Å². The van der Waals surface area contributed by atoms with Crippen molar-refractivity contribution in [2.45, 2.75) is 18.7 Å². The van der Waals surface area contributed by atoms with Crippen LogP contribution in [-0.4, -0.2) is 24.8 Å². The third-order valence-electron chi connectivity index (χ3n) is 5.53. The van der Waals surface area contributed by atoms with E-state index in [1.807, 2.05) is 32.0 Å². The zero-order valence-corrected chi connectivity index (χ0v) is 30.5. The second-order valence-corrected chi connectivity index (χ2v) is 9.15. The SMILES string of the molecule is COc1cc(N=Nc2c(SOO[O-])cc3ccc(C)cc3c2O)c(OCC(=O)[O-])cc1N=Nc1ccc(C)cc1.[K+].[K+]. The molecule has 0 heterocycles. The van der Waals surface area contributed by atoms with Gasteiger partial charge in [-0.15, -0.1) is 15.3 Å². The van der Waals surface area contributed by atoms with Gasteiger partial charge in [0.15, 0.2) is 5.75 Å². The van der Waals surface area contributed by atoms with Crippen LogP contribution in [-0.2, 0) is 14.2 Å². The second-order valence-electron chi connectivity index (χ2n) is 8.40. The summed E-state index contributed by atoms with van der Waals surface area (Å²) in [5, 5.41) is 53.9. The monoisotopic (exact) mass is 640 g/mol. The van der Waals surface area contributed by atoms with Crippen LogP contribution in [0.5, 0.6) is 17.2 Å². The summed E-state index contributed by atoms with van der Waals surface area (Å²) in [4.78, 5) is 11.3. The second kappa shape index (κ2) is 17.9. The number of azo groups is 2. The number of benzene rings is 4. The molecule has 0 aliphatic rings. The van der Waals surface area contributed by atoms with Crippen molar-refractivity contribution in [2.75, 3.05) is 13.7 Å². The number of aromatic hydroxyl groups is 1. The molecule has 15 heteroatoms. The molecule has 0 aromatic heterocycles. The Labute approximate surface area is 330 Å². The maximum atomic E-state index is 11.1. The topological polar surface area (TPSA) is 170 Å². The molecule has 0 bridgehead atoms. The predicted molar refractivity (Wildman–Crippen MR) is 141 cm³/mol. The maximum absolute atomic E-state index is 11.1. The number of carboxylic acids is 1. The number of phenols is 1. The van der Waals surface area contributed by atoms with Gasteiger partial charge in [0.2, 0.25) is 0 Å². The molecule has 0 saturated carbocycles. The van der Waals surface area contributed by atoms with Crippen molar-refractivity contribution in [3.05, 3.63) is 71.8 Å². The van der Waals surface area contributed by atoms with E-state index in [4.69, 9.17) is 9.47 Å². The number of hydrogen-bond donors (Lipinski definition) is 1. The molecule has 0 fully saturated rings. The van der Waals surface area contributed by atoms with E-state index < -0.39 is 12.6 Å². The van der Waals surface area contributed by atoms with Gasteiger partial charge in [0, 0.05) is 17.5 Å². The van der Waals surface area contributed by atoms with Crippen LogP contribution in [0, 0.1) is 13.8 Å². The molecule has 0 aliphatic carbocycles. The molecule has 42 heavy (non-hydrogen) atoms. The number of aliphatic carboxylic acids is 1. The van der Waals surface area contributed by atoms with Gasteiger partial charge in [-0.25, -0.2) is 0 Å². The molecule has 0 saturated heterocycles. The first-order chi connectivity index (χ1) is 19.3. The molecule has 4 aromatic carbocycles. The number of methoxy groups -OCH3 is 1. The van der Waals surface area contributed by atoms with Crippen molar-refractivity contribution >= 4 is 51.5 Å². The number of hydrogen-bond acceptors (Lipinski definition) is 13. The van der Waals surface area contributed by atoms with Crippen LogP contribution in [0.15, 0.2) is 86.0 Å². The molecule has 0 atom stereocenters. The normalized spacial score (nSPS) is 11.0. The number of ether oxygens (including phenoxy) is 2. The molecule has 206 valence electrons. The van der Waals surface area contributed by atoms with Crippen LogP contribution < -0.4 is 123 Å². The van der Waals surface area contributed by atoms with Gasteiger partial charge in [0.25, 0.3) is 0 Å². The van der Waals surface area contributed by atoms with Gasteiger partial charge < -0.3 is 29.7 Å². The van der Waals surface area contributed by atoms with E-state index in [9.17, 15) is 20.3 Å². The number of fused-ring (bicyclic) bond motifs is 1. The largest absolute Gasteiger partial charge is 1.00 e. The summed E-state index contributed by atoms with van der Waals surface area (Å²) in [7, 11) is 1.41. The van der Waals surface area contributed by atoms with E-state index in [2.05, 4.69) is 29.8 Å². The molecule has 4 aromatic rings. The molecular weight excluding hydrogens is 619 g/mol. The Morgan fingerprint density at radius 3 is 2.19 bits per heavy atom. The van der Waals surface area contributed by atoms with E-state index in [1.165, 1.54) is 19.2 Å². The van der Waals surface area contributed by atoms with Gasteiger partial charge in [-0.2, -0.15) is 9.45 Å². The minimum Gasteiger partial charge on any atom is -0.691 e. The van der Waals surface area contributed by atoms with Crippen LogP contribution in [0.2, 0.25) is 0 Å². The van der Waals surface area contributed by atoms with Crippen LogP contribution in [0.3, 0.4) is 0 Å². The number of rotatable bonds is 11. The van der Waals surface area contributed by atoms with E-state index >= 15 is 0 Å². The molecule has 0 spiro atoms. The first-order valence-corrected chi connectivity index (χ1v) is 12.4. The molecule has 0 radical (unpaired) electrons. The predicted octanol–water partition coefficient (Wildman–Crippen LogP) is -0.631. The van der Waals surface area contributed by atoms with Crippen molar-refractivity contribution in [1.82, 2.24) is 0 Å². The fourth-order valence-electron chi connectivity index (χ4n) is 3.60. The summed E-state index contributed by atoms with van der Waals surface area (Å²) in [6.07, 6.45) is 0. The number of phenolic OH excluding ortho intramolecular Hbond substituents is 1. The third kappa shape index (κ3) is 9.86. The van der Waals surface area contributed by atoms with Crippen molar-refractivity contribution in [1.29, 1.82) is 0 Å². The average Bonchev–Trinajstić information content (AvgIpc) is 2.94. The van der Waals surface area contributed by atoms with Crippen LogP contribution in [0.4, 0.5) is 22.7 Å². The number of carbonyl (C=O) groups is 1. The Balaban J connectivity index is 0.00000308. The molecule has 0 unspecified atom stereocenters. The molecular formula is C27H22K2N4O8S. The first-order valence-electron chi connectivity index (χ1n) is 11.6. The fourth-order valence-corrected chi connectivity index (χ4v) is 4.10. The molecule has 0 aliphatic heterocycles. The smallest absolute Gasteiger partial charge is 0.691 e. The van der Waals surface area contributed by atoms with Gasteiger partial charge in [-0.1, -0.05) is 35.4 Å². The van der Waals surface area contributed by atoms with Crippen molar-refractivity contribution < 1.29 is 142 Å². The maximum Gasteiger partial charge on any atom is 1.00 e. The Morgan fingerprint density at radius 1 is 0.881 bits per heavy atom. The number of carbonyl (C=O) groups excluding carboxylic acids is 1. The molecule has 1 N–H and O–H groups in total. The summed E-state index contributed by atoms with van der Waals surface area (Å²) in [5.74, 6) is -1.47. The van der Waals surface area contributed by atoms with Gasteiger partial charge >= 0.3 is 103 Å². The zero-order chi connectivity index (χ0) is 28.6. The quantitative estimate of drug-likeness (QED) is 0.0737.